The van der Waals surface area contributed by atoms with Crippen molar-refractivity contribution >= 4 is 32.7 Å². The second-order valence-electron chi connectivity index (χ2n) is 6.69. The number of methoxy groups -OCH3 is 2. The molecule has 4 rings (SSSR count). The van der Waals surface area contributed by atoms with Crippen LogP contribution in [0.15, 0.2) is 48.8 Å². The molecule has 2 aromatic carbocycles. The maximum atomic E-state index is 10.7. The summed E-state index contributed by atoms with van der Waals surface area (Å²) in [6.45, 7) is 2.32. The highest BCUT2D eigenvalue weighted by atomic mass is 32.2. The zero-order chi connectivity index (χ0) is 20.5. The number of aryl methyl sites for hydroxylation is 1. The third-order valence-electron chi connectivity index (χ3n) is 4.96. The standard InChI is InChI=1S/C21H21N3O4S/c1-13-12-24(15-6-4-14(5-7-15)10-23-29(25)26)21-16-8-19(27-2)20(28-3)9-18(16)22-11-17(13)21/h4-9,11-12,29H,10H2,1-3H3,(H,23,25,26). The number of ether oxygens (including phenoxy) is 2. The maximum absolute atomic E-state index is 10.7. The second-order valence-corrected chi connectivity index (χ2v) is 7.52. The molecule has 0 bridgehead atoms. The summed E-state index contributed by atoms with van der Waals surface area (Å²) in [6, 6.07) is 11.6. The molecule has 0 aliphatic rings. The van der Waals surface area contributed by atoms with E-state index in [0.717, 1.165) is 38.6 Å². The maximum Gasteiger partial charge on any atom is 0.201 e. The molecule has 150 valence electrons. The van der Waals surface area contributed by atoms with Gasteiger partial charge in [0.1, 0.15) is 0 Å². The van der Waals surface area contributed by atoms with Gasteiger partial charge in [-0.1, -0.05) is 12.1 Å². The van der Waals surface area contributed by atoms with Gasteiger partial charge in [-0.3, -0.25) is 4.98 Å². The molecule has 0 amide bonds. The highest BCUT2D eigenvalue weighted by Crippen LogP contribution is 2.36. The first-order valence-electron chi connectivity index (χ1n) is 9.01. The fraction of sp³-hybridized carbons (Fsp3) is 0.190. The lowest BCUT2D eigenvalue weighted by molar-refractivity contribution is 0.356. The van der Waals surface area contributed by atoms with Crippen LogP contribution in [0.5, 0.6) is 11.5 Å². The largest absolute Gasteiger partial charge is 0.493 e. The van der Waals surface area contributed by atoms with Gasteiger partial charge in [0.25, 0.3) is 0 Å². The number of aromatic nitrogens is 2. The number of benzene rings is 2. The van der Waals surface area contributed by atoms with Crippen LogP contribution in [0.3, 0.4) is 0 Å². The lowest BCUT2D eigenvalue weighted by Gasteiger charge is -2.12. The fourth-order valence-electron chi connectivity index (χ4n) is 3.51. The number of thiol groups is 1. The first kappa shape index (κ1) is 19.2. The topological polar surface area (TPSA) is 82.5 Å². The summed E-state index contributed by atoms with van der Waals surface area (Å²) in [5.74, 6) is 1.28. The molecule has 2 aromatic heterocycles. The van der Waals surface area contributed by atoms with Crippen LogP contribution in [0, 0.1) is 6.92 Å². The Bertz CT molecular complexity index is 1270. The first-order chi connectivity index (χ1) is 14.0. The minimum Gasteiger partial charge on any atom is -0.493 e. The molecule has 29 heavy (non-hydrogen) atoms. The van der Waals surface area contributed by atoms with Crippen LogP contribution in [0.25, 0.3) is 27.5 Å². The molecule has 0 aliphatic carbocycles. The van der Waals surface area contributed by atoms with E-state index < -0.39 is 10.9 Å². The Balaban J connectivity index is 1.89. The Kier molecular flexibility index (Phi) is 5.12. The molecule has 0 radical (unpaired) electrons. The van der Waals surface area contributed by atoms with E-state index in [-0.39, 0.29) is 6.54 Å². The van der Waals surface area contributed by atoms with E-state index in [0.29, 0.717) is 11.5 Å². The molecule has 0 aliphatic heterocycles. The molecule has 0 spiro atoms. The van der Waals surface area contributed by atoms with E-state index in [1.165, 1.54) is 0 Å². The number of nitrogens with zero attached hydrogens (tertiary/aromatic N) is 2. The van der Waals surface area contributed by atoms with Crippen LogP contribution >= 0.6 is 0 Å². The molecular formula is C21H21N3O4S. The third kappa shape index (κ3) is 3.52. The van der Waals surface area contributed by atoms with Gasteiger partial charge in [-0.2, -0.15) is 0 Å². The first-order valence-corrected chi connectivity index (χ1v) is 10.2. The Morgan fingerprint density at radius 1 is 1.03 bits per heavy atom. The molecule has 0 fully saturated rings. The van der Waals surface area contributed by atoms with Crippen LogP contribution in [0.2, 0.25) is 0 Å². The van der Waals surface area contributed by atoms with E-state index in [4.69, 9.17) is 9.47 Å². The molecule has 8 heteroatoms. The van der Waals surface area contributed by atoms with Gasteiger partial charge in [0, 0.05) is 41.5 Å². The summed E-state index contributed by atoms with van der Waals surface area (Å²) in [5.41, 5.74) is 4.81. The monoisotopic (exact) mass is 411 g/mol. The Morgan fingerprint density at radius 3 is 2.38 bits per heavy atom. The number of fused-ring (bicyclic) bond motifs is 3. The molecule has 0 saturated heterocycles. The number of hydrogen-bond donors (Lipinski definition) is 2. The molecular weight excluding hydrogens is 390 g/mol. The summed E-state index contributed by atoms with van der Waals surface area (Å²) in [7, 11) is 0.612. The lowest BCUT2D eigenvalue weighted by Crippen LogP contribution is -2.10. The van der Waals surface area contributed by atoms with Crippen molar-refractivity contribution in [3.05, 3.63) is 59.9 Å². The average molecular weight is 411 g/mol. The normalized spacial score (nSPS) is 11.4. The third-order valence-corrected chi connectivity index (χ3v) is 5.38. The number of hydrogen-bond acceptors (Lipinski definition) is 5. The van der Waals surface area contributed by atoms with Crippen LogP contribution in [-0.2, 0) is 17.4 Å². The molecule has 0 unspecified atom stereocenters. The van der Waals surface area contributed by atoms with Gasteiger partial charge in [-0.15, -0.1) is 0 Å². The van der Waals surface area contributed by atoms with Gasteiger partial charge in [0.05, 0.1) is 25.3 Å². The highest BCUT2D eigenvalue weighted by molar-refractivity contribution is 7.70. The van der Waals surface area contributed by atoms with Gasteiger partial charge in [0.2, 0.25) is 10.9 Å². The molecule has 7 nitrogen and oxygen atoms in total. The average Bonchev–Trinajstić information content (AvgIpc) is 3.08. The summed E-state index contributed by atoms with van der Waals surface area (Å²) in [6.07, 6.45) is 3.95. The number of nitrogens with one attached hydrogen (secondary N) is 1. The van der Waals surface area contributed by atoms with E-state index in [9.17, 15) is 8.42 Å². The van der Waals surface area contributed by atoms with Crippen molar-refractivity contribution in [3.8, 4) is 17.2 Å². The van der Waals surface area contributed by atoms with Gasteiger partial charge < -0.3 is 14.0 Å². The highest BCUT2D eigenvalue weighted by Gasteiger charge is 2.15. The van der Waals surface area contributed by atoms with Gasteiger partial charge >= 0.3 is 0 Å². The minimum absolute atomic E-state index is 0.272. The van der Waals surface area contributed by atoms with Crippen molar-refractivity contribution in [2.75, 3.05) is 14.2 Å². The quantitative estimate of drug-likeness (QED) is 0.477. The summed E-state index contributed by atoms with van der Waals surface area (Å²) in [5, 5.41) is 2.01. The summed E-state index contributed by atoms with van der Waals surface area (Å²) in [4.78, 5) is 4.60. The second kappa shape index (κ2) is 7.73. The molecule has 0 atom stereocenters. The molecule has 1 N–H and O–H groups in total. The molecule has 2 heterocycles. The van der Waals surface area contributed by atoms with E-state index in [1.54, 1.807) is 14.2 Å². The Morgan fingerprint density at radius 2 is 1.72 bits per heavy atom. The SMILES string of the molecule is COc1cc2ncc3c(C)cn(-c4ccc(CN[SH](=O)=O)cc4)c3c2cc1OC. The van der Waals surface area contributed by atoms with Gasteiger partial charge in [-0.25, -0.2) is 13.1 Å². The fourth-order valence-corrected chi connectivity index (χ4v) is 3.83. The van der Waals surface area contributed by atoms with Crippen molar-refractivity contribution in [1.82, 2.24) is 14.3 Å². The predicted octanol–water partition coefficient (Wildman–Crippen LogP) is 3.12. The minimum atomic E-state index is -2.61. The van der Waals surface area contributed by atoms with E-state index in [2.05, 4.69) is 27.4 Å². The van der Waals surface area contributed by atoms with Crippen molar-refractivity contribution in [2.24, 2.45) is 0 Å². The van der Waals surface area contributed by atoms with E-state index >= 15 is 0 Å². The van der Waals surface area contributed by atoms with Crippen LogP contribution in [-0.4, -0.2) is 32.2 Å². The van der Waals surface area contributed by atoms with Crippen molar-refractivity contribution in [2.45, 2.75) is 13.5 Å². The van der Waals surface area contributed by atoms with Gasteiger partial charge in [0.15, 0.2) is 11.5 Å². The Hall–Kier alpha value is -3.10. The van der Waals surface area contributed by atoms with Gasteiger partial charge in [-0.05, 0) is 36.2 Å². The van der Waals surface area contributed by atoms with Crippen LogP contribution in [0.4, 0.5) is 0 Å². The predicted molar refractivity (Wildman–Crippen MR) is 114 cm³/mol. The number of pyridine rings is 1. The zero-order valence-corrected chi connectivity index (χ0v) is 17.2. The van der Waals surface area contributed by atoms with Crippen LogP contribution < -0.4 is 14.2 Å². The van der Waals surface area contributed by atoms with Crippen LogP contribution in [0.1, 0.15) is 11.1 Å². The smallest absolute Gasteiger partial charge is 0.201 e. The number of rotatable bonds is 6. The Labute approximate surface area is 170 Å². The van der Waals surface area contributed by atoms with Crippen molar-refractivity contribution in [3.63, 3.8) is 0 Å². The molecule has 4 aromatic rings. The zero-order valence-electron chi connectivity index (χ0n) is 16.3. The lowest BCUT2D eigenvalue weighted by atomic mass is 10.1. The molecule has 0 saturated carbocycles. The summed E-state index contributed by atoms with van der Waals surface area (Å²) >= 11 is 0. The summed E-state index contributed by atoms with van der Waals surface area (Å²) < 4.78 is 36.9. The van der Waals surface area contributed by atoms with Crippen molar-refractivity contribution in [1.29, 1.82) is 0 Å². The van der Waals surface area contributed by atoms with E-state index in [1.807, 2.05) is 42.6 Å². The van der Waals surface area contributed by atoms with Crippen molar-refractivity contribution < 1.29 is 17.9 Å².